The molecule has 0 aliphatic carbocycles. The Balaban J connectivity index is 2.49. The van der Waals surface area contributed by atoms with E-state index in [4.69, 9.17) is 23.2 Å². The molecular formula is C10H4Cl2F3N3O2S. The summed E-state index contributed by atoms with van der Waals surface area (Å²) in [6.45, 7) is 0. The summed E-state index contributed by atoms with van der Waals surface area (Å²) in [4.78, 5) is 5.90. The van der Waals surface area contributed by atoms with Crippen molar-refractivity contribution in [1.82, 2.24) is 9.97 Å². The van der Waals surface area contributed by atoms with E-state index in [2.05, 4.69) is 9.97 Å². The molecule has 0 fully saturated rings. The zero-order valence-electron chi connectivity index (χ0n) is 9.74. The molecule has 1 aromatic heterocycles. The van der Waals surface area contributed by atoms with Crippen molar-refractivity contribution in [3.8, 4) is 0 Å². The van der Waals surface area contributed by atoms with Gasteiger partial charge in [0.25, 0.3) is 10.0 Å². The van der Waals surface area contributed by atoms with Crippen molar-refractivity contribution >= 4 is 39.0 Å². The number of benzene rings is 1. The van der Waals surface area contributed by atoms with E-state index in [9.17, 15) is 21.6 Å². The molecule has 11 heteroatoms. The van der Waals surface area contributed by atoms with Gasteiger partial charge in [-0.2, -0.15) is 0 Å². The number of rotatable bonds is 3. The van der Waals surface area contributed by atoms with Crippen LogP contribution in [0.25, 0.3) is 0 Å². The van der Waals surface area contributed by atoms with Gasteiger partial charge in [0.15, 0.2) is 28.4 Å². The largest absolute Gasteiger partial charge is 0.266 e. The van der Waals surface area contributed by atoms with Gasteiger partial charge in [0, 0.05) is 0 Å². The summed E-state index contributed by atoms with van der Waals surface area (Å²) >= 11 is 11.2. The number of anilines is 1. The second-order valence-corrected chi connectivity index (χ2v) is 5.99. The van der Waals surface area contributed by atoms with Crippen molar-refractivity contribution in [2.75, 3.05) is 4.72 Å². The minimum Gasteiger partial charge on any atom is -0.262 e. The van der Waals surface area contributed by atoms with Crippen LogP contribution in [-0.2, 0) is 10.0 Å². The van der Waals surface area contributed by atoms with Crippen molar-refractivity contribution in [3.05, 3.63) is 46.1 Å². The standard InChI is InChI=1S/C10H4Cl2F3N3O2S/c11-6-9(12)16-3-17-10(6)18-21(19,20)5-2-1-4(13)7(14)8(5)15/h1-3H,(H,16,17,18). The molecule has 0 saturated carbocycles. The summed E-state index contributed by atoms with van der Waals surface area (Å²) in [7, 11) is -4.59. The highest BCUT2D eigenvalue weighted by Gasteiger charge is 2.25. The summed E-state index contributed by atoms with van der Waals surface area (Å²) in [5.41, 5.74) is 0. The summed E-state index contributed by atoms with van der Waals surface area (Å²) in [5.74, 6) is -5.72. The third kappa shape index (κ3) is 3.04. The normalized spacial score (nSPS) is 11.5. The third-order valence-corrected chi connectivity index (χ3v) is 4.36. The lowest BCUT2D eigenvalue weighted by Crippen LogP contribution is -2.17. The monoisotopic (exact) mass is 357 g/mol. The Morgan fingerprint density at radius 2 is 1.71 bits per heavy atom. The van der Waals surface area contributed by atoms with E-state index in [-0.39, 0.29) is 10.2 Å². The lowest BCUT2D eigenvalue weighted by Gasteiger charge is -2.10. The van der Waals surface area contributed by atoms with Gasteiger partial charge in [-0.15, -0.1) is 0 Å². The van der Waals surface area contributed by atoms with E-state index in [1.54, 1.807) is 4.72 Å². The Bertz CT molecular complexity index is 817. The fourth-order valence-electron chi connectivity index (χ4n) is 1.32. The zero-order valence-corrected chi connectivity index (χ0v) is 12.1. The molecule has 0 unspecified atom stereocenters. The minimum absolute atomic E-state index is 0.241. The first kappa shape index (κ1) is 15.8. The Morgan fingerprint density at radius 1 is 1.05 bits per heavy atom. The number of hydrogen-bond acceptors (Lipinski definition) is 4. The van der Waals surface area contributed by atoms with Crippen molar-refractivity contribution < 1.29 is 21.6 Å². The Kier molecular flexibility index (Phi) is 4.26. The van der Waals surface area contributed by atoms with Crippen molar-refractivity contribution in [2.45, 2.75) is 4.90 Å². The average Bonchev–Trinajstić information content (AvgIpc) is 2.41. The SMILES string of the molecule is O=S(=O)(Nc1ncnc(Cl)c1Cl)c1ccc(F)c(F)c1F. The predicted molar refractivity (Wildman–Crippen MR) is 69.2 cm³/mol. The third-order valence-electron chi connectivity index (χ3n) is 2.27. The number of hydrogen-bond donors (Lipinski definition) is 1. The molecule has 1 heterocycles. The van der Waals surface area contributed by atoms with Crippen LogP contribution in [0.2, 0.25) is 10.2 Å². The van der Waals surface area contributed by atoms with Crippen LogP contribution in [0, 0.1) is 17.5 Å². The van der Waals surface area contributed by atoms with Gasteiger partial charge in [-0.05, 0) is 12.1 Å². The maximum absolute atomic E-state index is 13.5. The van der Waals surface area contributed by atoms with E-state index >= 15 is 0 Å². The van der Waals surface area contributed by atoms with E-state index in [1.807, 2.05) is 0 Å². The lowest BCUT2D eigenvalue weighted by atomic mass is 10.3. The summed E-state index contributed by atoms with van der Waals surface area (Å²) in [5, 5.41) is -0.569. The van der Waals surface area contributed by atoms with Crippen LogP contribution in [0.3, 0.4) is 0 Å². The highest BCUT2D eigenvalue weighted by molar-refractivity contribution is 7.92. The topological polar surface area (TPSA) is 72.0 Å². The fraction of sp³-hybridized carbons (Fsp3) is 0. The summed E-state index contributed by atoms with van der Waals surface area (Å²) in [6, 6.07) is 1.04. The zero-order chi connectivity index (χ0) is 15.8. The summed E-state index contributed by atoms with van der Waals surface area (Å²) < 4.78 is 65.1. The number of nitrogens with one attached hydrogen (secondary N) is 1. The first-order valence-electron chi connectivity index (χ1n) is 5.06. The molecule has 0 aliphatic heterocycles. The van der Waals surface area contributed by atoms with Gasteiger partial charge in [0.1, 0.15) is 16.2 Å². The maximum Gasteiger partial charge on any atom is 0.266 e. The maximum atomic E-state index is 13.5. The van der Waals surface area contributed by atoms with Gasteiger partial charge in [-0.3, -0.25) is 4.72 Å². The molecule has 0 saturated heterocycles. The van der Waals surface area contributed by atoms with E-state index in [0.717, 1.165) is 6.33 Å². The molecular weight excluding hydrogens is 354 g/mol. The highest BCUT2D eigenvalue weighted by atomic mass is 35.5. The molecule has 1 N–H and O–H groups in total. The smallest absolute Gasteiger partial charge is 0.262 e. The van der Waals surface area contributed by atoms with Crippen LogP contribution in [-0.4, -0.2) is 18.4 Å². The molecule has 0 radical (unpaired) electrons. The first-order chi connectivity index (χ1) is 9.74. The van der Waals surface area contributed by atoms with Crippen LogP contribution >= 0.6 is 23.2 Å². The summed E-state index contributed by atoms with van der Waals surface area (Å²) in [6.07, 6.45) is 0.910. The van der Waals surface area contributed by atoms with Crippen LogP contribution in [0.15, 0.2) is 23.4 Å². The van der Waals surface area contributed by atoms with Gasteiger partial charge < -0.3 is 0 Å². The van der Waals surface area contributed by atoms with Gasteiger partial charge >= 0.3 is 0 Å². The second-order valence-electron chi connectivity index (χ2n) is 3.61. The molecule has 0 atom stereocenters. The van der Waals surface area contributed by atoms with Crippen molar-refractivity contribution in [3.63, 3.8) is 0 Å². The number of sulfonamides is 1. The van der Waals surface area contributed by atoms with Crippen molar-refractivity contribution in [1.29, 1.82) is 0 Å². The van der Waals surface area contributed by atoms with E-state index in [0.29, 0.717) is 12.1 Å². The Hall–Kier alpha value is -1.58. The minimum atomic E-state index is -4.59. The van der Waals surface area contributed by atoms with Crippen LogP contribution in [0.1, 0.15) is 0 Å². The van der Waals surface area contributed by atoms with Crippen LogP contribution < -0.4 is 4.72 Å². The molecule has 0 amide bonds. The quantitative estimate of drug-likeness (QED) is 0.676. The number of aromatic nitrogens is 2. The molecule has 0 bridgehead atoms. The van der Waals surface area contributed by atoms with Gasteiger partial charge in [-0.1, -0.05) is 23.2 Å². The second kappa shape index (κ2) is 5.66. The first-order valence-corrected chi connectivity index (χ1v) is 7.30. The van der Waals surface area contributed by atoms with Gasteiger partial charge in [0.05, 0.1) is 0 Å². The molecule has 5 nitrogen and oxygen atoms in total. The Labute approximate surface area is 126 Å². The van der Waals surface area contributed by atoms with Crippen LogP contribution in [0.5, 0.6) is 0 Å². The molecule has 2 aromatic rings. The molecule has 1 aromatic carbocycles. The average molecular weight is 358 g/mol. The Morgan fingerprint density at radius 3 is 2.38 bits per heavy atom. The molecule has 2 rings (SSSR count). The fourth-order valence-corrected chi connectivity index (χ4v) is 2.74. The lowest BCUT2D eigenvalue weighted by molar-refractivity contribution is 0.432. The van der Waals surface area contributed by atoms with Crippen molar-refractivity contribution in [2.24, 2.45) is 0 Å². The van der Waals surface area contributed by atoms with Crippen LogP contribution in [0.4, 0.5) is 19.0 Å². The molecule has 0 aliphatic rings. The number of nitrogens with zero attached hydrogens (tertiary/aromatic N) is 2. The molecule has 21 heavy (non-hydrogen) atoms. The molecule has 112 valence electrons. The predicted octanol–water partition coefficient (Wildman–Crippen LogP) is 3.00. The van der Waals surface area contributed by atoms with Gasteiger partial charge in [-0.25, -0.2) is 31.6 Å². The van der Waals surface area contributed by atoms with E-state index in [1.165, 1.54) is 0 Å². The highest BCUT2D eigenvalue weighted by Crippen LogP contribution is 2.28. The van der Waals surface area contributed by atoms with Gasteiger partial charge in [0.2, 0.25) is 0 Å². The number of halogens is 5. The molecule has 0 spiro atoms. The van der Waals surface area contributed by atoms with E-state index < -0.39 is 38.2 Å².